The molecule has 6 aromatic carbocycles. The number of hydrogen-bond donors (Lipinski definition) is 0. The zero-order valence-electron chi connectivity index (χ0n) is 33.1. The van der Waals surface area contributed by atoms with E-state index in [9.17, 15) is 0 Å². The Hall–Kier alpha value is -5.62. The van der Waals surface area contributed by atoms with Crippen LogP contribution in [0.5, 0.6) is 0 Å². The third kappa shape index (κ3) is 9.86. The molecular formula is C52H54N4O. The molecule has 0 unspecified atom stereocenters. The largest absolute Gasteiger partial charge is 0.379 e. The minimum absolute atomic E-state index is 0.895. The highest BCUT2D eigenvalue weighted by molar-refractivity contribution is 6.16. The Morgan fingerprint density at radius 3 is 1.19 bits per heavy atom. The first-order valence-corrected chi connectivity index (χ1v) is 21.1. The van der Waals surface area contributed by atoms with Gasteiger partial charge in [-0.15, -0.1) is 0 Å². The van der Waals surface area contributed by atoms with Crippen LogP contribution in [0.15, 0.2) is 168 Å². The number of ether oxygens (including phenoxy) is 1. The zero-order valence-corrected chi connectivity index (χ0v) is 33.1. The van der Waals surface area contributed by atoms with E-state index in [0.717, 1.165) is 84.3 Å². The van der Waals surface area contributed by atoms with Gasteiger partial charge in [-0.1, -0.05) is 172 Å². The number of rotatable bonds is 17. The molecule has 0 N–H and O–H groups in total. The van der Waals surface area contributed by atoms with E-state index in [0.29, 0.717) is 0 Å². The first-order chi connectivity index (χ1) is 28.3. The summed E-state index contributed by atoms with van der Waals surface area (Å²) < 4.78 is 8.03. The van der Waals surface area contributed by atoms with E-state index in [1.165, 1.54) is 73.3 Å². The Morgan fingerprint density at radius 1 is 0.421 bits per heavy atom. The molecule has 0 saturated carbocycles. The lowest BCUT2D eigenvalue weighted by atomic mass is 10.0. The summed E-state index contributed by atoms with van der Waals surface area (Å²) >= 11 is 0. The predicted octanol–water partition coefficient (Wildman–Crippen LogP) is 12.6. The van der Waals surface area contributed by atoms with Crippen LogP contribution in [0.2, 0.25) is 0 Å². The number of hydrogen-bond acceptors (Lipinski definition) is 4. The summed E-state index contributed by atoms with van der Waals surface area (Å²) in [5.41, 5.74) is 10.7. The number of morpholine rings is 1. The number of aliphatic imine (C=N–C) groups is 2. The monoisotopic (exact) mass is 750 g/mol. The van der Waals surface area contributed by atoms with Crippen molar-refractivity contribution in [3.63, 3.8) is 0 Å². The minimum Gasteiger partial charge on any atom is -0.379 e. The summed E-state index contributed by atoms with van der Waals surface area (Å²) in [6, 6.07) is 55.6. The normalized spacial score (nSPS) is 13.2. The van der Waals surface area contributed by atoms with Gasteiger partial charge >= 0.3 is 0 Å². The van der Waals surface area contributed by atoms with Gasteiger partial charge in [-0.05, 0) is 43.7 Å². The van der Waals surface area contributed by atoms with Gasteiger partial charge < -0.3 is 9.30 Å². The van der Waals surface area contributed by atoms with Crippen LogP contribution in [0.3, 0.4) is 0 Å². The molecule has 1 aliphatic rings. The highest BCUT2D eigenvalue weighted by Gasteiger charge is 2.15. The molecule has 5 heteroatoms. The first kappa shape index (κ1) is 38.3. The molecule has 1 fully saturated rings. The molecule has 0 radical (unpaired) electrons. The number of benzene rings is 6. The van der Waals surface area contributed by atoms with E-state index in [2.05, 4.69) is 167 Å². The Labute approximate surface area is 338 Å². The highest BCUT2D eigenvalue weighted by Crippen LogP contribution is 2.35. The first-order valence-electron chi connectivity index (χ1n) is 21.1. The Bertz CT molecular complexity index is 2140. The minimum atomic E-state index is 0.895. The van der Waals surface area contributed by atoms with Gasteiger partial charge in [-0.2, -0.15) is 0 Å². The van der Waals surface area contributed by atoms with Gasteiger partial charge in [0.1, 0.15) is 0 Å². The second kappa shape index (κ2) is 19.5. The summed E-state index contributed by atoms with van der Waals surface area (Å²) in [7, 11) is 0. The molecular weight excluding hydrogens is 697 g/mol. The Balaban J connectivity index is 1.07. The van der Waals surface area contributed by atoms with Crippen LogP contribution < -0.4 is 0 Å². The van der Waals surface area contributed by atoms with Gasteiger partial charge in [-0.25, -0.2) is 9.98 Å². The molecule has 5 nitrogen and oxygen atoms in total. The summed E-state index contributed by atoms with van der Waals surface area (Å²) in [6.07, 6.45) is 10.3. The van der Waals surface area contributed by atoms with Crippen molar-refractivity contribution in [3.8, 4) is 0 Å². The maximum absolute atomic E-state index is 5.50. The quantitative estimate of drug-likeness (QED) is 0.0687. The van der Waals surface area contributed by atoms with Crippen molar-refractivity contribution in [2.45, 2.75) is 57.9 Å². The van der Waals surface area contributed by atoms with Crippen LogP contribution >= 0.6 is 0 Å². The third-order valence-electron chi connectivity index (χ3n) is 11.2. The standard InChI is InChI=1S/C52H54N4O/c1(3-5-19-33-55-35-37-57-38-36-55)2-4-6-20-34-56-49-39-45(53-51(41-21-11-7-12-22-41)42-23-13-8-14-24-42)29-31-47(49)48-32-30-46(40-50(48)56)54-52(43-25-15-9-16-26-43)44-27-17-10-18-28-44/h7-18,21-32,39-40H,1-6,19-20,33-38H2. The molecule has 8 rings (SSSR count). The predicted molar refractivity (Wildman–Crippen MR) is 240 cm³/mol. The Kier molecular flexibility index (Phi) is 13.1. The number of nitrogens with zero attached hydrogens (tertiary/aromatic N) is 4. The molecule has 1 saturated heterocycles. The zero-order chi connectivity index (χ0) is 38.5. The fourth-order valence-corrected chi connectivity index (χ4v) is 8.18. The smallest absolute Gasteiger partial charge is 0.0781 e. The van der Waals surface area contributed by atoms with Gasteiger partial charge in [0, 0.05) is 52.7 Å². The van der Waals surface area contributed by atoms with Crippen molar-refractivity contribution in [2.75, 3.05) is 32.8 Å². The van der Waals surface area contributed by atoms with Crippen molar-refractivity contribution in [1.29, 1.82) is 0 Å². The van der Waals surface area contributed by atoms with Gasteiger partial charge in [-0.3, -0.25) is 4.90 Å². The van der Waals surface area contributed by atoms with Gasteiger partial charge in [0.15, 0.2) is 0 Å². The maximum Gasteiger partial charge on any atom is 0.0781 e. The number of fused-ring (bicyclic) bond motifs is 3. The van der Waals surface area contributed by atoms with Crippen molar-refractivity contribution in [1.82, 2.24) is 9.47 Å². The molecule has 7 aromatic rings. The van der Waals surface area contributed by atoms with Crippen LogP contribution in [0.25, 0.3) is 21.8 Å². The molecule has 0 spiro atoms. The average Bonchev–Trinajstić information content (AvgIpc) is 3.58. The number of aryl methyl sites for hydroxylation is 1. The molecule has 1 aromatic heterocycles. The van der Waals surface area contributed by atoms with Crippen LogP contribution in [0.4, 0.5) is 11.4 Å². The van der Waals surface area contributed by atoms with E-state index in [-0.39, 0.29) is 0 Å². The summed E-state index contributed by atoms with van der Waals surface area (Å²) in [5.74, 6) is 0. The SMILES string of the molecule is c1ccc(C(=Nc2ccc3c4ccc(N=C(c5ccccc5)c5ccccc5)cc4n(CCCCCCCCCCN4CCOCC4)c3c2)c2ccccc2)cc1. The lowest BCUT2D eigenvalue weighted by Crippen LogP contribution is -2.36. The highest BCUT2D eigenvalue weighted by atomic mass is 16.5. The number of unbranched alkanes of at least 4 members (excludes halogenated alkanes) is 7. The average molecular weight is 751 g/mol. The van der Waals surface area contributed by atoms with E-state index in [4.69, 9.17) is 14.7 Å². The van der Waals surface area contributed by atoms with Crippen molar-refractivity contribution in [3.05, 3.63) is 180 Å². The molecule has 0 aliphatic carbocycles. The fourth-order valence-electron chi connectivity index (χ4n) is 8.18. The topological polar surface area (TPSA) is 42.1 Å². The van der Waals surface area contributed by atoms with Crippen LogP contribution in [-0.2, 0) is 11.3 Å². The molecule has 0 atom stereocenters. The maximum atomic E-state index is 5.50. The van der Waals surface area contributed by atoms with E-state index < -0.39 is 0 Å². The number of aromatic nitrogens is 1. The molecule has 0 bridgehead atoms. The van der Waals surface area contributed by atoms with E-state index in [1.807, 2.05) is 0 Å². The van der Waals surface area contributed by atoms with Crippen LogP contribution in [-0.4, -0.2) is 53.7 Å². The lowest BCUT2D eigenvalue weighted by molar-refractivity contribution is 0.0371. The molecule has 0 amide bonds. The van der Waals surface area contributed by atoms with Crippen molar-refractivity contribution < 1.29 is 4.74 Å². The van der Waals surface area contributed by atoms with Crippen LogP contribution in [0, 0.1) is 0 Å². The summed E-state index contributed by atoms with van der Waals surface area (Å²) in [5, 5.41) is 2.51. The molecule has 57 heavy (non-hydrogen) atoms. The molecule has 2 heterocycles. The van der Waals surface area contributed by atoms with Crippen molar-refractivity contribution in [2.24, 2.45) is 9.98 Å². The van der Waals surface area contributed by atoms with Crippen molar-refractivity contribution >= 4 is 44.6 Å². The second-order valence-electron chi connectivity index (χ2n) is 15.2. The van der Waals surface area contributed by atoms with Gasteiger partial charge in [0.25, 0.3) is 0 Å². The van der Waals surface area contributed by atoms with E-state index >= 15 is 0 Å². The lowest BCUT2D eigenvalue weighted by Gasteiger charge is -2.26. The molecule has 1 aliphatic heterocycles. The fraction of sp³-hybridized carbons (Fsp3) is 0.269. The van der Waals surface area contributed by atoms with E-state index in [1.54, 1.807) is 0 Å². The summed E-state index contributed by atoms with van der Waals surface area (Å²) in [4.78, 5) is 13.2. The summed E-state index contributed by atoms with van der Waals surface area (Å²) in [6.45, 7) is 6.16. The van der Waals surface area contributed by atoms with Crippen LogP contribution in [0.1, 0.15) is 73.6 Å². The van der Waals surface area contributed by atoms with Gasteiger partial charge in [0.05, 0.1) is 47.0 Å². The van der Waals surface area contributed by atoms with Gasteiger partial charge in [0.2, 0.25) is 0 Å². The third-order valence-corrected chi connectivity index (χ3v) is 11.2. The molecule has 288 valence electrons. The second-order valence-corrected chi connectivity index (χ2v) is 15.2. The Morgan fingerprint density at radius 2 is 0.789 bits per heavy atom.